The first-order valence-electron chi connectivity index (χ1n) is 9.26. The highest BCUT2D eigenvalue weighted by Crippen LogP contribution is 2.48. The van der Waals surface area contributed by atoms with E-state index in [4.69, 9.17) is 58.0 Å². The van der Waals surface area contributed by atoms with Crippen LogP contribution in [-0.2, 0) is 0 Å². The molecule has 0 aliphatic carbocycles. The Morgan fingerprint density at radius 2 is 0.783 bits per heavy atom. The van der Waals surface area contributed by atoms with Gasteiger partial charge in [-0.05, 0) is 6.42 Å². The number of unbranched alkanes of at least 4 members (excludes halogenated alkanes) is 13. The maximum absolute atomic E-state index is 6.03. The van der Waals surface area contributed by atoms with E-state index in [1.807, 2.05) is 0 Å². The van der Waals surface area contributed by atoms with Crippen LogP contribution >= 0.6 is 58.0 Å². The molecule has 0 saturated carbocycles. The van der Waals surface area contributed by atoms with E-state index < -0.39 is 8.13 Å². The van der Waals surface area contributed by atoms with Crippen LogP contribution in [0.2, 0.25) is 0 Å². The first-order chi connectivity index (χ1) is 10.8. The van der Waals surface area contributed by atoms with Crippen LogP contribution in [0.15, 0.2) is 0 Å². The number of hydrogen-bond donors (Lipinski definition) is 0. The molecule has 0 fully saturated rings. The highest BCUT2D eigenvalue weighted by molar-refractivity contribution is 6.75. The Hall–Kier alpha value is 1.45. The molecule has 0 bridgehead atoms. The Morgan fingerprint density at radius 3 is 1.09 bits per heavy atom. The fraction of sp³-hybridized carbons (Fsp3) is 1.00. The van der Waals surface area contributed by atoms with Gasteiger partial charge in [-0.15, -0.1) is 0 Å². The molecule has 0 N–H and O–H groups in total. The van der Waals surface area contributed by atoms with Crippen molar-refractivity contribution in [3.05, 3.63) is 0 Å². The molecule has 0 saturated heterocycles. The maximum atomic E-state index is 6.03. The smallest absolute Gasteiger partial charge is 0.0969 e. The molecule has 0 aromatic rings. The van der Waals surface area contributed by atoms with E-state index in [0.717, 1.165) is 12.8 Å². The summed E-state index contributed by atoms with van der Waals surface area (Å²) in [6.07, 6.45) is 18.9. The Morgan fingerprint density at radius 1 is 0.478 bits per heavy atom. The van der Waals surface area contributed by atoms with Gasteiger partial charge in [-0.1, -0.05) is 155 Å². The van der Waals surface area contributed by atoms with Crippen LogP contribution in [0, 0.1) is 0 Å². The summed E-state index contributed by atoms with van der Waals surface area (Å²) in [5, 5.41) is 0. The third-order valence-electron chi connectivity index (χ3n) is 4.26. The van der Waals surface area contributed by atoms with Crippen molar-refractivity contribution in [3.8, 4) is 0 Å². The second kappa shape index (κ2) is 14.6. The minimum Gasteiger partial charge on any atom is -0.0969 e. The predicted molar refractivity (Wildman–Crippen MR) is 110 cm³/mol. The highest BCUT2D eigenvalue weighted by Gasteiger charge is 2.44. The molecule has 0 aliphatic rings. The van der Waals surface area contributed by atoms with Crippen LogP contribution in [0.25, 0.3) is 0 Å². The van der Waals surface area contributed by atoms with Crippen molar-refractivity contribution in [2.45, 2.75) is 111 Å². The summed E-state index contributed by atoms with van der Waals surface area (Å²) >= 11 is 29.3. The fourth-order valence-electron chi connectivity index (χ4n) is 2.68. The van der Waals surface area contributed by atoms with Crippen LogP contribution in [-0.4, -0.2) is 8.13 Å². The van der Waals surface area contributed by atoms with Crippen LogP contribution < -0.4 is 0 Å². The highest BCUT2D eigenvalue weighted by atomic mass is 35.6. The van der Waals surface area contributed by atoms with Gasteiger partial charge in [-0.25, -0.2) is 0 Å². The molecule has 140 valence electrons. The standard InChI is InChI=1S/C18H33Cl5/c1-2-3-4-5-6-7-8-9-10-11-12-13-14-15-16-17(19,20)18(21,22)23/h2-16H2,1H3. The minimum atomic E-state index is -1.62. The summed E-state index contributed by atoms with van der Waals surface area (Å²) in [7, 11) is 0. The summed E-state index contributed by atoms with van der Waals surface area (Å²) < 4.78 is -2.90. The molecular formula is C18H33Cl5. The van der Waals surface area contributed by atoms with Crippen LogP contribution in [0.4, 0.5) is 0 Å². The third kappa shape index (κ3) is 14.3. The summed E-state index contributed by atoms with van der Waals surface area (Å²) in [5.41, 5.74) is 0. The van der Waals surface area contributed by atoms with Crippen LogP contribution in [0.3, 0.4) is 0 Å². The Balaban J connectivity index is 3.25. The van der Waals surface area contributed by atoms with Crippen molar-refractivity contribution in [1.29, 1.82) is 0 Å². The molecule has 0 radical (unpaired) electrons. The Kier molecular flexibility index (Phi) is 15.5. The molecule has 0 rings (SSSR count). The fourth-order valence-corrected chi connectivity index (χ4v) is 3.23. The lowest BCUT2D eigenvalue weighted by Crippen LogP contribution is -2.30. The topological polar surface area (TPSA) is 0 Å². The quantitative estimate of drug-likeness (QED) is 0.181. The lowest BCUT2D eigenvalue weighted by atomic mass is 10.0. The van der Waals surface area contributed by atoms with Crippen molar-refractivity contribution in [2.24, 2.45) is 0 Å². The molecule has 5 heteroatoms. The van der Waals surface area contributed by atoms with E-state index >= 15 is 0 Å². The van der Waals surface area contributed by atoms with Crippen LogP contribution in [0.5, 0.6) is 0 Å². The zero-order valence-electron chi connectivity index (χ0n) is 14.5. The first-order valence-corrected chi connectivity index (χ1v) is 11.1. The SMILES string of the molecule is CCCCCCCCCCCCCCCCC(Cl)(Cl)C(Cl)(Cl)Cl. The average Bonchev–Trinajstić information content (AvgIpc) is 2.46. The van der Waals surface area contributed by atoms with Gasteiger partial charge < -0.3 is 0 Å². The van der Waals surface area contributed by atoms with Gasteiger partial charge in [0.25, 0.3) is 0 Å². The van der Waals surface area contributed by atoms with Gasteiger partial charge in [0, 0.05) is 0 Å². The first kappa shape index (κ1) is 24.5. The molecule has 0 amide bonds. The Bertz CT molecular complexity index is 261. The van der Waals surface area contributed by atoms with E-state index in [0.29, 0.717) is 6.42 Å². The van der Waals surface area contributed by atoms with Gasteiger partial charge in [0.05, 0.1) is 0 Å². The molecule has 23 heavy (non-hydrogen) atoms. The van der Waals surface area contributed by atoms with Crippen molar-refractivity contribution >= 4 is 58.0 Å². The molecule has 0 spiro atoms. The monoisotopic (exact) mass is 424 g/mol. The number of halogens is 5. The summed E-state index contributed by atoms with van der Waals surface area (Å²) in [6.45, 7) is 2.27. The molecule has 0 aromatic carbocycles. The van der Waals surface area contributed by atoms with E-state index in [-0.39, 0.29) is 0 Å². The molecular weight excluding hydrogens is 393 g/mol. The Labute approximate surface area is 168 Å². The van der Waals surface area contributed by atoms with Gasteiger partial charge in [-0.2, -0.15) is 0 Å². The predicted octanol–water partition coefficient (Wildman–Crippen LogP) is 9.40. The van der Waals surface area contributed by atoms with Crippen molar-refractivity contribution in [3.63, 3.8) is 0 Å². The largest absolute Gasteiger partial charge is 0.223 e. The number of rotatable bonds is 15. The van der Waals surface area contributed by atoms with Crippen molar-refractivity contribution in [1.82, 2.24) is 0 Å². The zero-order chi connectivity index (χ0) is 17.6. The molecule has 0 unspecified atom stereocenters. The minimum absolute atomic E-state index is 0.518. The van der Waals surface area contributed by atoms with Gasteiger partial charge in [0.2, 0.25) is 3.79 Å². The lowest BCUT2D eigenvalue weighted by Gasteiger charge is -2.27. The summed E-state index contributed by atoms with van der Waals surface area (Å²) in [6, 6.07) is 0. The van der Waals surface area contributed by atoms with Gasteiger partial charge in [0.1, 0.15) is 0 Å². The van der Waals surface area contributed by atoms with E-state index in [2.05, 4.69) is 6.92 Å². The second-order valence-electron chi connectivity index (χ2n) is 6.55. The average molecular weight is 427 g/mol. The lowest BCUT2D eigenvalue weighted by molar-refractivity contribution is 0.527. The van der Waals surface area contributed by atoms with Gasteiger partial charge in [0.15, 0.2) is 4.33 Å². The van der Waals surface area contributed by atoms with Gasteiger partial charge >= 0.3 is 0 Å². The van der Waals surface area contributed by atoms with Crippen molar-refractivity contribution in [2.75, 3.05) is 0 Å². The molecule has 0 heterocycles. The van der Waals surface area contributed by atoms with Crippen LogP contribution in [0.1, 0.15) is 103 Å². The summed E-state index contributed by atoms with van der Waals surface area (Å²) in [5.74, 6) is 0. The molecule has 0 aliphatic heterocycles. The van der Waals surface area contributed by atoms with Gasteiger partial charge in [-0.3, -0.25) is 0 Å². The third-order valence-corrected chi connectivity index (χ3v) is 6.75. The number of alkyl halides is 5. The molecule has 0 aromatic heterocycles. The second-order valence-corrected chi connectivity index (χ2v) is 10.3. The molecule has 0 nitrogen and oxygen atoms in total. The van der Waals surface area contributed by atoms with Crippen molar-refractivity contribution < 1.29 is 0 Å². The van der Waals surface area contributed by atoms with E-state index in [9.17, 15) is 0 Å². The van der Waals surface area contributed by atoms with E-state index in [1.165, 1.54) is 77.0 Å². The summed E-state index contributed by atoms with van der Waals surface area (Å²) in [4.78, 5) is 0. The van der Waals surface area contributed by atoms with E-state index in [1.54, 1.807) is 0 Å². The zero-order valence-corrected chi connectivity index (χ0v) is 18.3. The maximum Gasteiger partial charge on any atom is 0.223 e. The normalized spacial score (nSPS) is 12.8. The number of hydrogen-bond acceptors (Lipinski definition) is 0. The molecule has 0 atom stereocenters.